The van der Waals surface area contributed by atoms with Crippen LogP contribution < -0.4 is 11.1 Å². The number of amides is 1. The van der Waals surface area contributed by atoms with Gasteiger partial charge in [0, 0.05) is 18.0 Å². The lowest BCUT2D eigenvalue weighted by molar-refractivity contribution is -0.128. The molecule has 4 heteroatoms. The summed E-state index contributed by atoms with van der Waals surface area (Å²) >= 11 is 0. The lowest BCUT2D eigenvalue weighted by Gasteiger charge is -2.49. The minimum atomic E-state index is -0.325. The van der Waals surface area contributed by atoms with Crippen molar-refractivity contribution < 1.29 is 9.90 Å². The van der Waals surface area contributed by atoms with Crippen LogP contribution in [0.1, 0.15) is 31.4 Å². The minimum Gasteiger partial charge on any atom is -0.392 e. The monoisotopic (exact) mass is 262 g/mol. The average Bonchev–Trinajstić information content (AvgIpc) is 2.39. The number of rotatable bonds is 4. The van der Waals surface area contributed by atoms with Crippen molar-refractivity contribution in [3.05, 3.63) is 35.4 Å². The highest BCUT2D eigenvalue weighted by Gasteiger charge is 2.47. The van der Waals surface area contributed by atoms with Crippen LogP contribution in [0, 0.1) is 5.41 Å². The predicted molar refractivity (Wildman–Crippen MR) is 74.4 cm³/mol. The Labute approximate surface area is 114 Å². The van der Waals surface area contributed by atoms with Crippen LogP contribution in [0.4, 0.5) is 0 Å². The summed E-state index contributed by atoms with van der Waals surface area (Å²) in [6.07, 6.45) is 0.655. The fourth-order valence-electron chi connectivity index (χ4n) is 2.49. The highest BCUT2D eigenvalue weighted by molar-refractivity contribution is 5.79. The van der Waals surface area contributed by atoms with Crippen LogP contribution in [-0.2, 0) is 17.8 Å². The van der Waals surface area contributed by atoms with E-state index in [0.717, 1.165) is 11.1 Å². The van der Waals surface area contributed by atoms with Gasteiger partial charge in [-0.3, -0.25) is 4.79 Å². The van der Waals surface area contributed by atoms with E-state index < -0.39 is 0 Å². The van der Waals surface area contributed by atoms with Gasteiger partial charge in [0.2, 0.25) is 5.91 Å². The quantitative estimate of drug-likeness (QED) is 0.756. The molecule has 0 spiro atoms. The van der Waals surface area contributed by atoms with Crippen molar-refractivity contribution in [2.45, 2.75) is 45.4 Å². The zero-order valence-electron chi connectivity index (χ0n) is 11.5. The van der Waals surface area contributed by atoms with Crippen LogP contribution in [0.25, 0.3) is 0 Å². The van der Waals surface area contributed by atoms with E-state index in [0.29, 0.717) is 19.4 Å². The Hall–Kier alpha value is -1.39. The van der Waals surface area contributed by atoms with Crippen molar-refractivity contribution in [1.82, 2.24) is 5.32 Å². The normalized spacial score (nSPS) is 24.6. The molecule has 1 aromatic carbocycles. The predicted octanol–water partition coefficient (Wildman–Crippen LogP) is 0.963. The van der Waals surface area contributed by atoms with Crippen LogP contribution >= 0.6 is 0 Å². The summed E-state index contributed by atoms with van der Waals surface area (Å²) in [6, 6.07) is 7.77. The van der Waals surface area contributed by atoms with Gasteiger partial charge >= 0.3 is 0 Å². The van der Waals surface area contributed by atoms with Crippen LogP contribution in [0.2, 0.25) is 0 Å². The van der Waals surface area contributed by atoms with E-state index >= 15 is 0 Å². The number of carbonyl (C=O) groups is 1. The molecule has 2 atom stereocenters. The van der Waals surface area contributed by atoms with Crippen molar-refractivity contribution in [1.29, 1.82) is 0 Å². The molecule has 1 aliphatic carbocycles. The maximum absolute atomic E-state index is 12.0. The third kappa shape index (κ3) is 2.80. The van der Waals surface area contributed by atoms with Crippen molar-refractivity contribution in [3.63, 3.8) is 0 Å². The first kappa shape index (κ1) is 14.0. The van der Waals surface area contributed by atoms with Crippen molar-refractivity contribution in [2.75, 3.05) is 0 Å². The molecule has 1 amide bonds. The molecule has 1 aliphatic rings. The van der Waals surface area contributed by atoms with E-state index in [2.05, 4.69) is 5.32 Å². The van der Waals surface area contributed by atoms with E-state index in [1.165, 1.54) is 0 Å². The molecular weight excluding hydrogens is 240 g/mol. The summed E-state index contributed by atoms with van der Waals surface area (Å²) in [4.78, 5) is 12.0. The second kappa shape index (κ2) is 5.31. The fourth-order valence-corrected chi connectivity index (χ4v) is 2.49. The average molecular weight is 262 g/mol. The van der Waals surface area contributed by atoms with Crippen LogP contribution in [0.15, 0.2) is 24.3 Å². The van der Waals surface area contributed by atoms with Gasteiger partial charge in [-0.25, -0.2) is 0 Å². The number of nitrogens with two attached hydrogens (primary N) is 1. The first-order valence-electron chi connectivity index (χ1n) is 6.69. The first-order chi connectivity index (χ1) is 8.95. The number of hydrogen-bond acceptors (Lipinski definition) is 3. The Bertz CT molecular complexity index is 471. The van der Waals surface area contributed by atoms with Crippen LogP contribution in [-0.4, -0.2) is 23.2 Å². The summed E-state index contributed by atoms with van der Waals surface area (Å²) in [5.74, 6) is -0.00845. The van der Waals surface area contributed by atoms with Gasteiger partial charge in [0.15, 0.2) is 0 Å². The topological polar surface area (TPSA) is 75.3 Å². The van der Waals surface area contributed by atoms with Crippen molar-refractivity contribution in [3.8, 4) is 0 Å². The maximum atomic E-state index is 12.0. The Kier molecular flexibility index (Phi) is 3.92. The van der Waals surface area contributed by atoms with Gasteiger partial charge in [0.05, 0.1) is 12.5 Å². The molecule has 0 bridgehead atoms. The summed E-state index contributed by atoms with van der Waals surface area (Å²) in [6.45, 7) is 4.39. The second-order valence-corrected chi connectivity index (χ2v) is 5.84. The molecule has 104 valence electrons. The van der Waals surface area contributed by atoms with Gasteiger partial charge in [0.1, 0.15) is 0 Å². The second-order valence-electron chi connectivity index (χ2n) is 5.84. The van der Waals surface area contributed by atoms with Crippen LogP contribution in [0.3, 0.4) is 0 Å². The highest BCUT2D eigenvalue weighted by Crippen LogP contribution is 2.40. The van der Waals surface area contributed by atoms with Gasteiger partial charge in [-0.2, -0.15) is 0 Å². The lowest BCUT2D eigenvalue weighted by Crippen LogP contribution is -2.61. The molecule has 19 heavy (non-hydrogen) atoms. The SMILES string of the molecule is CC1(C)C(O)CC1NC(=O)Cc1ccccc1CN. The van der Waals surface area contributed by atoms with E-state index in [1.807, 2.05) is 38.1 Å². The first-order valence-corrected chi connectivity index (χ1v) is 6.69. The lowest BCUT2D eigenvalue weighted by atomic mass is 9.64. The summed E-state index contributed by atoms with van der Waals surface area (Å²) in [5, 5.41) is 12.7. The van der Waals surface area contributed by atoms with Gasteiger partial charge in [-0.1, -0.05) is 38.1 Å². The zero-order valence-corrected chi connectivity index (χ0v) is 11.5. The molecule has 0 radical (unpaired) electrons. The third-order valence-electron chi connectivity index (χ3n) is 4.24. The molecular formula is C15H22N2O2. The Morgan fingerprint density at radius 3 is 2.58 bits per heavy atom. The molecule has 2 rings (SSSR count). The highest BCUT2D eigenvalue weighted by atomic mass is 16.3. The van der Waals surface area contributed by atoms with E-state index in [-0.39, 0.29) is 23.5 Å². The van der Waals surface area contributed by atoms with Gasteiger partial charge in [-0.15, -0.1) is 0 Å². The van der Waals surface area contributed by atoms with Crippen molar-refractivity contribution >= 4 is 5.91 Å². The summed E-state index contributed by atoms with van der Waals surface area (Å²) in [7, 11) is 0. The molecule has 1 fully saturated rings. The molecule has 0 aromatic heterocycles. The van der Waals surface area contributed by atoms with Gasteiger partial charge < -0.3 is 16.2 Å². The minimum absolute atomic E-state index is 0.00845. The van der Waals surface area contributed by atoms with E-state index in [4.69, 9.17) is 5.73 Å². The molecule has 0 aliphatic heterocycles. The number of hydrogen-bond donors (Lipinski definition) is 3. The van der Waals surface area contributed by atoms with E-state index in [1.54, 1.807) is 0 Å². The number of aliphatic hydroxyl groups excluding tert-OH is 1. The summed E-state index contributed by atoms with van der Waals surface area (Å²) in [5.41, 5.74) is 7.41. The Balaban J connectivity index is 1.95. The molecule has 1 saturated carbocycles. The number of aliphatic hydroxyl groups is 1. The molecule has 4 nitrogen and oxygen atoms in total. The van der Waals surface area contributed by atoms with Crippen LogP contribution in [0.5, 0.6) is 0 Å². The molecule has 0 saturated heterocycles. The summed E-state index contributed by atoms with van der Waals surface area (Å²) < 4.78 is 0. The standard InChI is InChI=1S/C15H22N2O2/c1-15(2)12(8-13(15)18)17-14(19)7-10-5-3-4-6-11(10)9-16/h3-6,12-13,18H,7-9,16H2,1-2H3,(H,17,19). The smallest absolute Gasteiger partial charge is 0.224 e. The number of nitrogens with one attached hydrogen (secondary N) is 1. The Morgan fingerprint density at radius 1 is 1.42 bits per heavy atom. The zero-order chi connectivity index (χ0) is 14.0. The van der Waals surface area contributed by atoms with E-state index in [9.17, 15) is 9.90 Å². The maximum Gasteiger partial charge on any atom is 0.224 e. The third-order valence-corrected chi connectivity index (χ3v) is 4.24. The van der Waals surface area contributed by atoms with Gasteiger partial charge in [0.25, 0.3) is 0 Å². The molecule has 4 N–H and O–H groups in total. The largest absolute Gasteiger partial charge is 0.392 e. The number of benzene rings is 1. The molecule has 2 unspecified atom stereocenters. The molecule has 1 aromatic rings. The fraction of sp³-hybridized carbons (Fsp3) is 0.533. The number of carbonyl (C=O) groups excluding carboxylic acids is 1. The van der Waals surface area contributed by atoms with Gasteiger partial charge in [-0.05, 0) is 17.5 Å². The molecule has 0 heterocycles. The van der Waals surface area contributed by atoms with Crippen molar-refractivity contribution in [2.24, 2.45) is 11.1 Å². The Morgan fingerprint density at radius 2 is 2.05 bits per heavy atom.